The predicted molar refractivity (Wildman–Crippen MR) is 148 cm³/mol. The van der Waals surface area contributed by atoms with Gasteiger partial charge in [-0.3, -0.25) is 0 Å². The molecule has 0 amide bonds. The first-order valence-corrected chi connectivity index (χ1v) is 24.5. The SMILES string of the molecule is C[SiH](C)C.C[SiH](c1ccccc1)c1ccccc1.C[Si](C)(C)C.C[Si](C)(C)C. The Morgan fingerprint density at radius 2 is 0.643 bits per heavy atom. The lowest BCUT2D eigenvalue weighted by atomic mass is 10.4. The first-order chi connectivity index (χ1) is 12.6. The van der Waals surface area contributed by atoms with E-state index < -0.39 is 24.9 Å². The second-order valence-corrected chi connectivity index (χ2v) is 29.5. The molecule has 160 valence electrons. The van der Waals surface area contributed by atoms with Crippen LogP contribution in [0.5, 0.6) is 0 Å². The van der Waals surface area contributed by atoms with Gasteiger partial charge in [-0.05, 0) is 0 Å². The van der Waals surface area contributed by atoms with Gasteiger partial charge in [0, 0.05) is 24.9 Å². The van der Waals surface area contributed by atoms with Crippen molar-refractivity contribution in [3.8, 4) is 0 Å². The fourth-order valence-electron chi connectivity index (χ4n) is 1.68. The topological polar surface area (TPSA) is 0 Å². The number of rotatable bonds is 2. The van der Waals surface area contributed by atoms with Crippen LogP contribution in [-0.2, 0) is 0 Å². The van der Waals surface area contributed by atoms with Gasteiger partial charge in [-0.1, -0.05) is 150 Å². The van der Waals surface area contributed by atoms with Gasteiger partial charge in [-0.15, -0.1) is 0 Å². The Hall–Kier alpha value is -0.692. The fourth-order valence-corrected chi connectivity index (χ4v) is 3.66. The summed E-state index contributed by atoms with van der Waals surface area (Å²) < 4.78 is 0. The predicted octanol–water partition coefficient (Wildman–Crippen LogP) is 6.67. The highest BCUT2D eigenvalue weighted by Gasteiger charge is 2.08. The highest BCUT2D eigenvalue weighted by Crippen LogP contribution is 1.95. The van der Waals surface area contributed by atoms with E-state index in [9.17, 15) is 0 Å². The van der Waals surface area contributed by atoms with Crippen LogP contribution in [0.3, 0.4) is 0 Å². The molecule has 0 fully saturated rings. The summed E-state index contributed by atoms with van der Waals surface area (Å²) in [6.07, 6.45) is 0. The largest absolute Gasteiger partial charge is 0.0997 e. The molecule has 0 saturated carbocycles. The summed E-state index contributed by atoms with van der Waals surface area (Å²) in [5.74, 6) is 0. The van der Waals surface area contributed by atoms with Crippen LogP contribution in [-0.4, -0.2) is 33.7 Å². The molecule has 2 aromatic rings. The van der Waals surface area contributed by atoms with E-state index in [-0.39, 0.29) is 8.80 Å². The van der Waals surface area contributed by atoms with Crippen molar-refractivity contribution in [2.24, 2.45) is 0 Å². The maximum atomic E-state index is 2.38. The smallest absolute Gasteiger partial charge is 0.0724 e. The molecule has 0 atom stereocenters. The molecule has 0 aliphatic heterocycles. The first-order valence-electron chi connectivity index (χ1n) is 10.7. The van der Waals surface area contributed by atoms with Crippen LogP contribution in [0.2, 0.25) is 78.6 Å². The van der Waals surface area contributed by atoms with Crippen LogP contribution in [0.4, 0.5) is 0 Å². The molecule has 2 aromatic carbocycles. The lowest BCUT2D eigenvalue weighted by Crippen LogP contribution is -2.38. The van der Waals surface area contributed by atoms with E-state index in [4.69, 9.17) is 0 Å². The molecule has 0 aliphatic carbocycles. The second-order valence-electron chi connectivity index (χ2n) is 11.3. The van der Waals surface area contributed by atoms with E-state index in [1.807, 2.05) is 0 Å². The Morgan fingerprint density at radius 1 is 0.464 bits per heavy atom. The quantitative estimate of drug-likeness (QED) is 0.450. The van der Waals surface area contributed by atoms with Gasteiger partial charge < -0.3 is 0 Å². The van der Waals surface area contributed by atoms with E-state index in [1.165, 1.54) is 10.4 Å². The average Bonchev–Trinajstić information content (AvgIpc) is 2.52. The molecule has 0 N–H and O–H groups in total. The maximum absolute atomic E-state index is 2.38. The first kappa shape index (κ1) is 29.5. The lowest BCUT2D eigenvalue weighted by Gasteiger charge is -2.09. The molecule has 0 nitrogen and oxygen atoms in total. The molecule has 4 heteroatoms. The third kappa shape index (κ3) is 27.5. The van der Waals surface area contributed by atoms with Crippen molar-refractivity contribution in [1.29, 1.82) is 0 Å². The zero-order valence-corrected chi connectivity index (χ0v) is 25.2. The Kier molecular flexibility index (Phi) is 16.0. The highest BCUT2D eigenvalue weighted by molar-refractivity contribution is 6.84. The molecule has 0 saturated heterocycles. The molecule has 0 aliphatic rings. The van der Waals surface area contributed by atoms with E-state index in [0.717, 1.165) is 0 Å². The van der Waals surface area contributed by atoms with Crippen LogP contribution in [0.15, 0.2) is 60.7 Å². The summed E-state index contributed by atoms with van der Waals surface area (Å²) in [4.78, 5) is 0. The minimum Gasteiger partial charge on any atom is -0.0724 e. The Labute approximate surface area is 183 Å². The molecule has 28 heavy (non-hydrogen) atoms. The maximum Gasteiger partial charge on any atom is 0.0997 e. The average molecular weight is 449 g/mol. The number of hydrogen-bond donors (Lipinski definition) is 0. The van der Waals surface area contributed by atoms with Gasteiger partial charge >= 0.3 is 0 Å². The summed E-state index contributed by atoms with van der Waals surface area (Å²) in [5, 5.41) is 3.03. The summed E-state index contributed by atoms with van der Waals surface area (Å²) in [6, 6.07) is 21.6. The van der Waals surface area contributed by atoms with Crippen molar-refractivity contribution in [2.45, 2.75) is 78.6 Å². The van der Waals surface area contributed by atoms with E-state index in [1.54, 1.807) is 0 Å². The van der Waals surface area contributed by atoms with E-state index in [0.29, 0.717) is 0 Å². The third-order valence-electron chi connectivity index (χ3n) is 2.60. The van der Waals surface area contributed by atoms with Gasteiger partial charge in [0.2, 0.25) is 0 Å². The molecule has 0 heterocycles. The summed E-state index contributed by atoms with van der Waals surface area (Å²) in [5.41, 5.74) is 0. The monoisotopic (exact) mass is 448 g/mol. The van der Waals surface area contributed by atoms with E-state index >= 15 is 0 Å². The van der Waals surface area contributed by atoms with Crippen molar-refractivity contribution >= 4 is 44.1 Å². The molecule has 0 spiro atoms. The number of benzene rings is 2. The molecule has 2 rings (SSSR count). The molecule has 0 radical (unpaired) electrons. The zero-order valence-electron chi connectivity index (χ0n) is 20.9. The van der Waals surface area contributed by atoms with Crippen molar-refractivity contribution in [2.75, 3.05) is 0 Å². The van der Waals surface area contributed by atoms with Crippen LogP contribution in [0.25, 0.3) is 0 Å². The Balaban J connectivity index is 0. The molecule has 0 bridgehead atoms. The van der Waals surface area contributed by atoms with Crippen molar-refractivity contribution < 1.29 is 0 Å². The number of hydrogen-bond acceptors (Lipinski definition) is 0. The molecular weight excluding hydrogens is 401 g/mol. The minimum atomic E-state index is -0.919. The van der Waals surface area contributed by atoms with Gasteiger partial charge in [0.25, 0.3) is 0 Å². The lowest BCUT2D eigenvalue weighted by molar-refractivity contribution is 1.71. The molecule has 0 unspecified atom stereocenters. The molecule has 0 aromatic heterocycles. The summed E-state index contributed by atoms with van der Waals surface area (Å²) in [6.45, 7) is 27.9. The van der Waals surface area contributed by atoms with E-state index in [2.05, 4.69) is 139 Å². The fraction of sp³-hybridized carbons (Fsp3) is 0.500. The van der Waals surface area contributed by atoms with Gasteiger partial charge in [0.1, 0.15) is 0 Å². The summed E-state index contributed by atoms with van der Waals surface area (Å²) in [7, 11) is -2.28. The Bertz CT molecular complexity index is 515. The second kappa shape index (κ2) is 15.2. The third-order valence-corrected chi connectivity index (χ3v) is 5.37. The van der Waals surface area contributed by atoms with Crippen molar-refractivity contribution in [1.82, 2.24) is 0 Å². The van der Waals surface area contributed by atoms with Crippen LogP contribution >= 0.6 is 0 Å². The normalized spacial score (nSPS) is 10.8. The standard InChI is InChI=1S/C13H14Si.2C4H12Si.C3H10Si/c1-14(12-8-4-2-5-9-12)13-10-6-3-7-11-13;2*1-5(2,3)4;1-4(2)3/h2-11,14H,1H3;2*1-4H3;4H,1-3H3. The minimum absolute atomic E-state index is 0.139. The van der Waals surface area contributed by atoms with Gasteiger partial charge in [-0.2, -0.15) is 0 Å². The van der Waals surface area contributed by atoms with Gasteiger partial charge in [0.05, 0.1) is 8.80 Å². The van der Waals surface area contributed by atoms with Gasteiger partial charge in [0.15, 0.2) is 0 Å². The summed E-state index contributed by atoms with van der Waals surface area (Å²) >= 11 is 0. The van der Waals surface area contributed by atoms with Crippen LogP contribution < -0.4 is 10.4 Å². The van der Waals surface area contributed by atoms with Crippen molar-refractivity contribution in [3.05, 3.63) is 60.7 Å². The Morgan fingerprint density at radius 3 is 0.821 bits per heavy atom. The highest BCUT2D eigenvalue weighted by atomic mass is 28.3. The van der Waals surface area contributed by atoms with Gasteiger partial charge in [-0.25, -0.2) is 0 Å². The molecular formula is C24H48Si4. The van der Waals surface area contributed by atoms with Crippen LogP contribution in [0.1, 0.15) is 0 Å². The van der Waals surface area contributed by atoms with Crippen LogP contribution in [0, 0.1) is 0 Å². The zero-order chi connectivity index (χ0) is 22.4. The van der Waals surface area contributed by atoms with Crippen molar-refractivity contribution in [3.63, 3.8) is 0 Å².